The molecule has 4 heteroatoms. The fraction of sp³-hybridized carbons (Fsp3) is 0.538. The molecule has 0 spiro atoms. The number of unbranched alkanes of at least 4 members (excludes halogenated alkanes) is 1. The van der Waals surface area contributed by atoms with E-state index in [0.717, 1.165) is 12.0 Å². The first-order chi connectivity index (χ1) is 8.04. The van der Waals surface area contributed by atoms with Gasteiger partial charge in [-0.15, -0.1) is 0 Å². The van der Waals surface area contributed by atoms with Crippen LogP contribution in [0.1, 0.15) is 38.7 Å². The van der Waals surface area contributed by atoms with Crippen molar-refractivity contribution in [1.82, 2.24) is 5.32 Å². The standard InChI is InChI=1S/C13H19Cl2NO/c1-3-4-5-9(2)16-8-10-6-11(14)7-12(15)13(10)17/h6-7,9,16-17H,3-5,8H2,1-2H3. The van der Waals surface area contributed by atoms with E-state index >= 15 is 0 Å². The van der Waals surface area contributed by atoms with E-state index in [1.165, 1.54) is 12.8 Å². The maximum absolute atomic E-state index is 9.78. The van der Waals surface area contributed by atoms with Gasteiger partial charge in [0.1, 0.15) is 5.75 Å². The summed E-state index contributed by atoms with van der Waals surface area (Å²) in [5, 5.41) is 14.0. The van der Waals surface area contributed by atoms with Gasteiger partial charge in [0.05, 0.1) is 5.02 Å². The second kappa shape index (κ2) is 7.10. The van der Waals surface area contributed by atoms with Gasteiger partial charge in [-0.05, 0) is 25.5 Å². The lowest BCUT2D eigenvalue weighted by atomic mass is 10.1. The van der Waals surface area contributed by atoms with Crippen LogP contribution in [0, 0.1) is 0 Å². The van der Waals surface area contributed by atoms with Gasteiger partial charge in [0.15, 0.2) is 0 Å². The highest BCUT2D eigenvalue weighted by molar-refractivity contribution is 6.35. The lowest BCUT2D eigenvalue weighted by molar-refractivity contribution is 0.452. The fourth-order valence-electron chi connectivity index (χ4n) is 1.65. The molecule has 0 saturated heterocycles. The summed E-state index contributed by atoms with van der Waals surface area (Å²) in [6, 6.07) is 3.71. The summed E-state index contributed by atoms with van der Waals surface area (Å²) in [6.45, 7) is 4.89. The molecular formula is C13H19Cl2NO. The van der Waals surface area contributed by atoms with Gasteiger partial charge in [0, 0.05) is 23.2 Å². The Bertz CT molecular complexity index is 369. The second-order valence-corrected chi connectivity index (χ2v) is 5.16. The molecule has 0 fully saturated rings. The highest BCUT2D eigenvalue weighted by atomic mass is 35.5. The average molecular weight is 276 g/mol. The first-order valence-corrected chi connectivity index (χ1v) is 6.70. The topological polar surface area (TPSA) is 32.3 Å². The van der Waals surface area contributed by atoms with Crippen molar-refractivity contribution in [1.29, 1.82) is 0 Å². The van der Waals surface area contributed by atoms with Gasteiger partial charge in [-0.3, -0.25) is 0 Å². The molecule has 0 amide bonds. The lowest BCUT2D eigenvalue weighted by Crippen LogP contribution is -2.25. The first kappa shape index (κ1) is 14.6. The Labute approximate surface area is 113 Å². The molecule has 0 aliphatic carbocycles. The molecule has 96 valence electrons. The van der Waals surface area contributed by atoms with Crippen molar-refractivity contribution < 1.29 is 5.11 Å². The molecule has 0 aromatic heterocycles. The zero-order chi connectivity index (χ0) is 12.8. The van der Waals surface area contributed by atoms with Gasteiger partial charge in [-0.1, -0.05) is 43.0 Å². The van der Waals surface area contributed by atoms with Crippen molar-refractivity contribution in [3.8, 4) is 5.75 Å². The van der Waals surface area contributed by atoms with Crippen LogP contribution in [-0.4, -0.2) is 11.1 Å². The quantitative estimate of drug-likeness (QED) is 0.808. The smallest absolute Gasteiger partial charge is 0.138 e. The summed E-state index contributed by atoms with van der Waals surface area (Å²) in [5.74, 6) is 0.117. The summed E-state index contributed by atoms with van der Waals surface area (Å²) < 4.78 is 0. The minimum atomic E-state index is 0.117. The Morgan fingerprint density at radius 1 is 1.35 bits per heavy atom. The van der Waals surface area contributed by atoms with Crippen molar-refractivity contribution >= 4 is 23.2 Å². The zero-order valence-corrected chi connectivity index (χ0v) is 11.8. The Morgan fingerprint density at radius 3 is 2.71 bits per heavy atom. The Balaban J connectivity index is 2.57. The third-order valence-corrected chi connectivity index (χ3v) is 3.25. The number of aromatic hydroxyl groups is 1. The summed E-state index contributed by atoms with van der Waals surface area (Å²) in [7, 11) is 0. The third kappa shape index (κ3) is 4.74. The molecule has 1 aromatic carbocycles. The number of halogens is 2. The molecule has 1 rings (SSSR count). The van der Waals surface area contributed by atoms with Crippen LogP contribution in [0.5, 0.6) is 5.75 Å². The largest absolute Gasteiger partial charge is 0.506 e. The van der Waals surface area contributed by atoms with E-state index in [9.17, 15) is 5.11 Å². The normalized spacial score (nSPS) is 12.7. The van der Waals surface area contributed by atoms with Crippen molar-refractivity contribution in [3.63, 3.8) is 0 Å². The minimum Gasteiger partial charge on any atom is -0.506 e. The fourth-order valence-corrected chi connectivity index (χ4v) is 2.19. The predicted molar refractivity (Wildman–Crippen MR) is 74.0 cm³/mol. The van der Waals surface area contributed by atoms with Gasteiger partial charge >= 0.3 is 0 Å². The van der Waals surface area contributed by atoms with Crippen LogP contribution in [0.4, 0.5) is 0 Å². The molecule has 2 nitrogen and oxygen atoms in total. The highest BCUT2D eigenvalue weighted by Crippen LogP contribution is 2.31. The van der Waals surface area contributed by atoms with Crippen LogP contribution in [0.2, 0.25) is 10.0 Å². The van der Waals surface area contributed by atoms with E-state index in [1.54, 1.807) is 12.1 Å². The molecule has 1 aromatic rings. The SMILES string of the molecule is CCCCC(C)NCc1cc(Cl)cc(Cl)c1O. The maximum Gasteiger partial charge on any atom is 0.138 e. The summed E-state index contributed by atoms with van der Waals surface area (Å²) in [4.78, 5) is 0. The number of rotatable bonds is 6. The number of hydrogen-bond donors (Lipinski definition) is 2. The number of phenolic OH excluding ortho intramolecular Hbond substituents is 1. The molecule has 2 N–H and O–H groups in total. The van der Waals surface area contributed by atoms with Crippen LogP contribution in [0.25, 0.3) is 0 Å². The minimum absolute atomic E-state index is 0.117. The first-order valence-electron chi connectivity index (χ1n) is 5.94. The van der Waals surface area contributed by atoms with E-state index in [2.05, 4.69) is 19.2 Å². The van der Waals surface area contributed by atoms with Crippen LogP contribution in [0.3, 0.4) is 0 Å². The van der Waals surface area contributed by atoms with Crippen LogP contribution < -0.4 is 5.32 Å². The number of hydrogen-bond acceptors (Lipinski definition) is 2. The van der Waals surface area contributed by atoms with Crippen molar-refractivity contribution in [2.24, 2.45) is 0 Å². The van der Waals surface area contributed by atoms with E-state index in [4.69, 9.17) is 23.2 Å². The average Bonchev–Trinajstić information content (AvgIpc) is 2.29. The van der Waals surface area contributed by atoms with E-state index in [-0.39, 0.29) is 5.75 Å². The third-order valence-electron chi connectivity index (χ3n) is 2.74. The van der Waals surface area contributed by atoms with Crippen molar-refractivity contribution in [2.75, 3.05) is 0 Å². The molecule has 0 aliphatic rings. The molecule has 0 heterocycles. The number of nitrogens with one attached hydrogen (secondary N) is 1. The van der Waals surface area contributed by atoms with Crippen LogP contribution in [-0.2, 0) is 6.54 Å². The molecule has 0 saturated carbocycles. The summed E-state index contributed by atoms with van der Waals surface area (Å²) >= 11 is 11.8. The molecule has 0 aliphatic heterocycles. The maximum atomic E-state index is 9.78. The van der Waals surface area contributed by atoms with Gasteiger partial charge in [0.2, 0.25) is 0 Å². The van der Waals surface area contributed by atoms with Crippen LogP contribution >= 0.6 is 23.2 Å². The molecule has 17 heavy (non-hydrogen) atoms. The van der Waals surface area contributed by atoms with E-state index in [0.29, 0.717) is 22.6 Å². The second-order valence-electron chi connectivity index (χ2n) is 4.32. The lowest BCUT2D eigenvalue weighted by Gasteiger charge is -2.14. The summed E-state index contributed by atoms with van der Waals surface area (Å²) in [5.41, 5.74) is 0.742. The predicted octanol–water partition coefficient (Wildman–Crippen LogP) is 4.37. The molecule has 0 radical (unpaired) electrons. The monoisotopic (exact) mass is 275 g/mol. The Hall–Kier alpha value is -0.440. The molecule has 0 bridgehead atoms. The molecule has 1 unspecified atom stereocenters. The van der Waals surface area contributed by atoms with E-state index < -0.39 is 0 Å². The Morgan fingerprint density at radius 2 is 2.06 bits per heavy atom. The van der Waals surface area contributed by atoms with Crippen molar-refractivity contribution in [3.05, 3.63) is 27.7 Å². The van der Waals surface area contributed by atoms with Crippen LogP contribution in [0.15, 0.2) is 12.1 Å². The van der Waals surface area contributed by atoms with Gasteiger partial charge in [-0.25, -0.2) is 0 Å². The van der Waals surface area contributed by atoms with Gasteiger partial charge in [-0.2, -0.15) is 0 Å². The Kier molecular flexibility index (Phi) is 6.10. The summed E-state index contributed by atoms with van der Waals surface area (Å²) in [6.07, 6.45) is 3.53. The molecule has 1 atom stereocenters. The number of benzene rings is 1. The number of phenols is 1. The molecular weight excluding hydrogens is 257 g/mol. The highest BCUT2D eigenvalue weighted by Gasteiger charge is 2.09. The van der Waals surface area contributed by atoms with Gasteiger partial charge < -0.3 is 10.4 Å². The van der Waals surface area contributed by atoms with Crippen molar-refractivity contribution in [2.45, 2.75) is 45.7 Å². The zero-order valence-electron chi connectivity index (χ0n) is 10.3. The van der Waals surface area contributed by atoms with E-state index in [1.807, 2.05) is 0 Å². The van der Waals surface area contributed by atoms with Gasteiger partial charge in [0.25, 0.3) is 0 Å².